The average molecular weight is 295 g/mol. The number of hydrogen-bond acceptors (Lipinski definition) is 5. The van der Waals surface area contributed by atoms with E-state index in [9.17, 15) is 4.79 Å². The van der Waals surface area contributed by atoms with Gasteiger partial charge in [0, 0.05) is 23.5 Å². The summed E-state index contributed by atoms with van der Waals surface area (Å²) >= 11 is 0. The summed E-state index contributed by atoms with van der Waals surface area (Å²) in [6.45, 7) is 0. The summed E-state index contributed by atoms with van der Waals surface area (Å²) in [4.78, 5) is 20.0. The van der Waals surface area contributed by atoms with Crippen molar-refractivity contribution < 1.29 is 9.53 Å². The zero-order valence-electron chi connectivity index (χ0n) is 11.8. The predicted octanol–water partition coefficient (Wildman–Crippen LogP) is 2.13. The summed E-state index contributed by atoms with van der Waals surface area (Å²) in [7, 11) is 1.48. The van der Waals surface area contributed by atoms with E-state index in [0.29, 0.717) is 11.6 Å². The molecule has 2 heterocycles. The molecule has 0 saturated heterocycles. The molecule has 2 aromatic heterocycles. The van der Waals surface area contributed by atoms with Crippen LogP contribution in [0.25, 0.3) is 11.3 Å². The van der Waals surface area contributed by atoms with E-state index in [4.69, 9.17) is 4.74 Å². The molecule has 2 N–H and O–H groups in total. The number of H-pyrrole nitrogens is 1. The highest BCUT2D eigenvalue weighted by Gasteiger charge is 2.10. The molecule has 22 heavy (non-hydrogen) atoms. The minimum Gasteiger partial charge on any atom is -0.481 e. The minimum atomic E-state index is -0.331. The van der Waals surface area contributed by atoms with Crippen molar-refractivity contribution in [2.24, 2.45) is 0 Å². The molecule has 0 atom stereocenters. The number of benzene rings is 1. The summed E-state index contributed by atoms with van der Waals surface area (Å²) in [5, 5.41) is 9.59. The van der Waals surface area contributed by atoms with Gasteiger partial charge in [-0.25, -0.2) is 9.97 Å². The van der Waals surface area contributed by atoms with Crippen molar-refractivity contribution in [2.45, 2.75) is 0 Å². The summed E-state index contributed by atoms with van der Waals surface area (Å²) in [6.07, 6.45) is 2.96. The van der Waals surface area contributed by atoms with Crippen LogP contribution in [-0.4, -0.2) is 33.2 Å². The van der Waals surface area contributed by atoms with E-state index in [0.717, 1.165) is 11.3 Å². The zero-order valence-corrected chi connectivity index (χ0v) is 11.8. The number of rotatable bonds is 4. The van der Waals surface area contributed by atoms with E-state index < -0.39 is 0 Å². The molecular formula is C15H13N5O2. The first-order chi connectivity index (χ1) is 10.8. The van der Waals surface area contributed by atoms with Crippen LogP contribution in [0, 0.1) is 0 Å². The van der Waals surface area contributed by atoms with Crippen molar-refractivity contribution in [1.29, 1.82) is 0 Å². The van der Waals surface area contributed by atoms with Crippen LogP contribution < -0.4 is 10.1 Å². The lowest BCUT2D eigenvalue weighted by Gasteiger charge is -2.07. The topological polar surface area (TPSA) is 92.8 Å². The third-order valence-corrected chi connectivity index (χ3v) is 3.02. The largest absolute Gasteiger partial charge is 0.481 e. The number of carbonyl (C=O) groups excluding carboxylic acids is 1. The Balaban J connectivity index is 1.80. The first-order valence-electron chi connectivity index (χ1n) is 6.53. The molecule has 0 unspecified atom stereocenters. The van der Waals surface area contributed by atoms with Crippen LogP contribution in [0.15, 0.2) is 48.9 Å². The second-order valence-corrected chi connectivity index (χ2v) is 4.45. The van der Waals surface area contributed by atoms with Crippen molar-refractivity contribution in [3.05, 3.63) is 54.6 Å². The number of amides is 1. The third-order valence-electron chi connectivity index (χ3n) is 3.02. The molecule has 7 heteroatoms. The number of methoxy groups -OCH3 is 1. The molecule has 0 bridgehead atoms. The number of aromatic amines is 1. The molecule has 0 aliphatic heterocycles. The van der Waals surface area contributed by atoms with Crippen LogP contribution in [0.3, 0.4) is 0 Å². The number of nitrogens with zero attached hydrogens (tertiary/aromatic N) is 3. The Hall–Kier alpha value is -3.22. The Morgan fingerprint density at radius 3 is 2.91 bits per heavy atom. The van der Waals surface area contributed by atoms with Gasteiger partial charge in [0.15, 0.2) is 0 Å². The number of carbonyl (C=O) groups is 1. The minimum absolute atomic E-state index is 0.235. The molecule has 7 nitrogen and oxygen atoms in total. The molecule has 1 amide bonds. The van der Waals surface area contributed by atoms with Gasteiger partial charge >= 0.3 is 0 Å². The molecule has 0 spiro atoms. The molecule has 1 aromatic carbocycles. The Morgan fingerprint density at radius 2 is 2.14 bits per heavy atom. The van der Waals surface area contributed by atoms with Crippen molar-refractivity contribution in [3.8, 4) is 17.1 Å². The maximum absolute atomic E-state index is 12.2. The van der Waals surface area contributed by atoms with Gasteiger partial charge in [-0.2, -0.15) is 5.10 Å². The smallest absolute Gasteiger partial charge is 0.274 e. The highest BCUT2D eigenvalue weighted by molar-refractivity contribution is 6.03. The lowest BCUT2D eigenvalue weighted by molar-refractivity contribution is 0.102. The number of nitrogens with one attached hydrogen (secondary N) is 2. The van der Waals surface area contributed by atoms with E-state index in [2.05, 4.69) is 25.5 Å². The van der Waals surface area contributed by atoms with Gasteiger partial charge in [0.2, 0.25) is 5.88 Å². The van der Waals surface area contributed by atoms with E-state index in [1.807, 2.05) is 24.3 Å². The Labute approximate surface area is 126 Å². The average Bonchev–Trinajstić information content (AvgIpc) is 3.10. The lowest BCUT2D eigenvalue weighted by Crippen LogP contribution is -2.14. The van der Waals surface area contributed by atoms with Gasteiger partial charge in [0.25, 0.3) is 5.91 Å². The molecule has 0 saturated carbocycles. The normalized spacial score (nSPS) is 10.2. The summed E-state index contributed by atoms with van der Waals surface area (Å²) in [5.41, 5.74) is 2.70. The number of ether oxygens (including phenoxy) is 1. The second kappa shape index (κ2) is 6.04. The van der Waals surface area contributed by atoms with Gasteiger partial charge < -0.3 is 10.1 Å². The van der Waals surface area contributed by atoms with Gasteiger partial charge in [0.05, 0.1) is 12.8 Å². The molecule has 110 valence electrons. The van der Waals surface area contributed by atoms with Gasteiger partial charge in [0.1, 0.15) is 12.0 Å². The first kappa shape index (κ1) is 13.7. The number of aromatic nitrogens is 4. The Bertz CT molecular complexity index is 786. The first-order valence-corrected chi connectivity index (χ1v) is 6.53. The van der Waals surface area contributed by atoms with Gasteiger partial charge in [-0.3, -0.25) is 9.89 Å². The van der Waals surface area contributed by atoms with Gasteiger partial charge in [-0.05, 0) is 18.2 Å². The van der Waals surface area contributed by atoms with Crippen molar-refractivity contribution in [1.82, 2.24) is 20.2 Å². The van der Waals surface area contributed by atoms with Crippen LogP contribution in [0.4, 0.5) is 5.69 Å². The third kappa shape index (κ3) is 2.93. The van der Waals surface area contributed by atoms with Crippen molar-refractivity contribution in [2.75, 3.05) is 12.4 Å². The zero-order chi connectivity index (χ0) is 15.4. The van der Waals surface area contributed by atoms with Gasteiger partial charge in [-0.15, -0.1) is 0 Å². The van der Waals surface area contributed by atoms with Crippen LogP contribution in [0.2, 0.25) is 0 Å². The van der Waals surface area contributed by atoms with E-state index in [-0.39, 0.29) is 11.6 Å². The maximum Gasteiger partial charge on any atom is 0.274 e. The SMILES string of the molecule is COc1cc(C(=O)Nc2cccc(-c3ccn[nH]3)c2)ncn1. The quantitative estimate of drug-likeness (QED) is 0.769. The molecule has 3 aromatic rings. The van der Waals surface area contributed by atoms with Crippen LogP contribution in [0.5, 0.6) is 5.88 Å². The fourth-order valence-corrected chi connectivity index (χ4v) is 1.95. The summed E-state index contributed by atoms with van der Waals surface area (Å²) in [5.74, 6) is 0.00817. The predicted molar refractivity (Wildman–Crippen MR) is 80.6 cm³/mol. The molecular weight excluding hydrogens is 282 g/mol. The lowest BCUT2D eigenvalue weighted by atomic mass is 10.1. The highest BCUT2D eigenvalue weighted by atomic mass is 16.5. The highest BCUT2D eigenvalue weighted by Crippen LogP contribution is 2.20. The Kier molecular flexibility index (Phi) is 3.78. The Morgan fingerprint density at radius 1 is 1.23 bits per heavy atom. The molecule has 0 aliphatic rings. The fraction of sp³-hybridized carbons (Fsp3) is 0.0667. The van der Waals surface area contributed by atoms with E-state index >= 15 is 0 Å². The second-order valence-electron chi connectivity index (χ2n) is 4.45. The van der Waals surface area contributed by atoms with Crippen molar-refractivity contribution in [3.63, 3.8) is 0 Å². The number of hydrogen-bond donors (Lipinski definition) is 2. The van der Waals surface area contributed by atoms with Crippen molar-refractivity contribution >= 4 is 11.6 Å². The molecule has 3 rings (SSSR count). The fourth-order valence-electron chi connectivity index (χ4n) is 1.95. The molecule has 0 aliphatic carbocycles. The summed E-state index contributed by atoms with van der Waals surface area (Å²) in [6, 6.07) is 10.8. The van der Waals surface area contributed by atoms with E-state index in [1.165, 1.54) is 19.5 Å². The molecule has 0 fully saturated rings. The molecule has 0 radical (unpaired) electrons. The monoisotopic (exact) mass is 295 g/mol. The van der Waals surface area contributed by atoms with Crippen LogP contribution >= 0.6 is 0 Å². The maximum atomic E-state index is 12.2. The van der Waals surface area contributed by atoms with Gasteiger partial charge in [-0.1, -0.05) is 12.1 Å². The van der Waals surface area contributed by atoms with E-state index in [1.54, 1.807) is 12.3 Å². The van der Waals surface area contributed by atoms with Crippen LogP contribution in [0.1, 0.15) is 10.5 Å². The standard InChI is InChI=1S/C15H13N5O2/c1-22-14-8-13(16-9-17-14)15(21)19-11-4-2-3-10(7-11)12-5-6-18-20-12/h2-9H,1H3,(H,18,20)(H,19,21). The van der Waals surface area contributed by atoms with Crippen LogP contribution in [-0.2, 0) is 0 Å². The number of anilines is 1. The summed E-state index contributed by atoms with van der Waals surface area (Å²) < 4.78 is 4.98.